The monoisotopic (exact) mass is 301 g/mol. The zero-order chi connectivity index (χ0) is 15.4. The predicted octanol–water partition coefficient (Wildman–Crippen LogP) is 2.91. The van der Waals surface area contributed by atoms with Crippen LogP contribution in [0.1, 0.15) is 29.0 Å². The molecule has 0 spiro atoms. The molecule has 0 saturated carbocycles. The van der Waals surface area contributed by atoms with Gasteiger partial charge in [0.05, 0.1) is 18.2 Å². The van der Waals surface area contributed by atoms with Crippen molar-refractivity contribution in [3.05, 3.63) is 47.7 Å². The molecule has 1 fully saturated rings. The smallest absolute Gasteiger partial charge is 0.335 e. The Hall–Kier alpha value is -2.11. The van der Waals surface area contributed by atoms with E-state index in [-0.39, 0.29) is 5.56 Å². The highest BCUT2D eigenvalue weighted by molar-refractivity contribution is 5.89. The fourth-order valence-electron chi connectivity index (χ4n) is 2.60. The normalized spacial score (nSPS) is 17.7. The summed E-state index contributed by atoms with van der Waals surface area (Å²) in [7, 11) is 0. The van der Waals surface area contributed by atoms with E-state index in [1.807, 2.05) is 18.2 Å². The van der Waals surface area contributed by atoms with Crippen LogP contribution in [0.25, 0.3) is 11.3 Å². The van der Waals surface area contributed by atoms with Gasteiger partial charge >= 0.3 is 5.97 Å². The number of carboxylic acid groups (broad SMARTS) is 1. The maximum Gasteiger partial charge on any atom is 0.335 e. The first-order valence-electron chi connectivity index (χ1n) is 7.47. The van der Waals surface area contributed by atoms with E-state index in [0.29, 0.717) is 18.4 Å². The van der Waals surface area contributed by atoms with Gasteiger partial charge in [0.1, 0.15) is 11.5 Å². The zero-order valence-corrected chi connectivity index (χ0v) is 12.2. The summed E-state index contributed by atoms with van der Waals surface area (Å²) in [5.41, 5.74) is 1.03. The van der Waals surface area contributed by atoms with Crippen molar-refractivity contribution in [3.63, 3.8) is 0 Å². The molecule has 1 aliphatic rings. The van der Waals surface area contributed by atoms with E-state index < -0.39 is 5.97 Å². The number of benzene rings is 1. The van der Waals surface area contributed by atoms with Gasteiger partial charge in [0, 0.05) is 18.7 Å². The van der Waals surface area contributed by atoms with E-state index in [4.69, 9.17) is 14.3 Å². The first-order chi connectivity index (χ1) is 10.7. The molecule has 5 nitrogen and oxygen atoms in total. The lowest BCUT2D eigenvalue weighted by Gasteiger charge is -2.09. The van der Waals surface area contributed by atoms with Gasteiger partial charge in [-0.15, -0.1) is 0 Å². The summed E-state index contributed by atoms with van der Waals surface area (Å²) in [6.07, 6.45) is 2.55. The third-order valence-electron chi connectivity index (χ3n) is 3.75. The van der Waals surface area contributed by atoms with Gasteiger partial charge in [0.15, 0.2) is 0 Å². The molecule has 22 heavy (non-hydrogen) atoms. The van der Waals surface area contributed by atoms with E-state index in [0.717, 1.165) is 37.3 Å². The highest BCUT2D eigenvalue weighted by Crippen LogP contribution is 2.23. The Morgan fingerprint density at radius 2 is 2.23 bits per heavy atom. The molecule has 116 valence electrons. The average molecular weight is 301 g/mol. The van der Waals surface area contributed by atoms with Crippen LogP contribution in [0.4, 0.5) is 0 Å². The number of rotatable bonds is 6. The molecule has 1 aromatic heterocycles. The van der Waals surface area contributed by atoms with Crippen molar-refractivity contribution in [1.29, 1.82) is 0 Å². The summed E-state index contributed by atoms with van der Waals surface area (Å²) in [4.78, 5) is 11.0. The van der Waals surface area contributed by atoms with Crippen molar-refractivity contribution in [2.45, 2.75) is 25.5 Å². The Kier molecular flexibility index (Phi) is 4.56. The van der Waals surface area contributed by atoms with E-state index in [1.54, 1.807) is 18.2 Å². The van der Waals surface area contributed by atoms with Gasteiger partial charge in [-0.2, -0.15) is 0 Å². The van der Waals surface area contributed by atoms with Gasteiger partial charge in [-0.25, -0.2) is 4.79 Å². The maximum atomic E-state index is 11.0. The van der Waals surface area contributed by atoms with Crippen LogP contribution in [0.2, 0.25) is 0 Å². The molecule has 1 saturated heterocycles. The Labute approximate surface area is 128 Å². The molecule has 1 aliphatic heterocycles. The van der Waals surface area contributed by atoms with Crippen molar-refractivity contribution < 1.29 is 19.1 Å². The summed E-state index contributed by atoms with van der Waals surface area (Å²) < 4.78 is 11.3. The maximum absolute atomic E-state index is 11.0. The fourth-order valence-corrected chi connectivity index (χ4v) is 2.60. The number of furan rings is 1. The molecular formula is C17H19NO4. The third-order valence-corrected chi connectivity index (χ3v) is 3.75. The Morgan fingerprint density at radius 1 is 1.32 bits per heavy atom. The van der Waals surface area contributed by atoms with Crippen LogP contribution >= 0.6 is 0 Å². The topological polar surface area (TPSA) is 71.7 Å². The molecule has 2 N–H and O–H groups in total. The van der Waals surface area contributed by atoms with Gasteiger partial charge < -0.3 is 19.6 Å². The Morgan fingerprint density at radius 3 is 3.00 bits per heavy atom. The molecule has 2 aromatic rings. The molecule has 3 rings (SSSR count). The van der Waals surface area contributed by atoms with E-state index in [1.165, 1.54) is 0 Å². The molecule has 0 bridgehead atoms. The minimum absolute atomic E-state index is 0.256. The number of nitrogens with one attached hydrogen (secondary N) is 1. The second-order valence-electron chi connectivity index (χ2n) is 5.42. The van der Waals surface area contributed by atoms with Crippen LogP contribution in [-0.4, -0.2) is 30.3 Å². The molecular weight excluding hydrogens is 282 g/mol. The Bertz CT molecular complexity index is 644. The van der Waals surface area contributed by atoms with Gasteiger partial charge in [-0.3, -0.25) is 0 Å². The van der Waals surface area contributed by atoms with Crippen molar-refractivity contribution in [2.75, 3.05) is 13.2 Å². The summed E-state index contributed by atoms with van der Waals surface area (Å²) in [6, 6.07) is 10.5. The second kappa shape index (κ2) is 6.77. The van der Waals surface area contributed by atoms with Crippen molar-refractivity contribution in [2.24, 2.45) is 0 Å². The first-order valence-corrected chi connectivity index (χ1v) is 7.47. The molecule has 5 heteroatoms. The van der Waals surface area contributed by atoms with Crippen LogP contribution in [0.15, 0.2) is 40.8 Å². The Balaban J connectivity index is 1.60. The fraction of sp³-hybridized carbons (Fsp3) is 0.353. The quantitative estimate of drug-likeness (QED) is 0.858. The summed E-state index contributed by atoms with van der Waals surface area (Å²) in [5, 5.41) is 12.4. The molecule has 1 aromatic carbocycles. The van der Waals surface area contributed by atoms with Gasteiger partial charge in [0.25, 0.3) is 0 Å². The van der Waals surface area contributed by atoms with Gasteiger partial charge in [-0.05, 0) is 37.1 Å². The lowest BCUT2D eigenvalue weighted by Crippen LogP contribution is -2.25. The number of aromatic carboxylic acids is 1. The molecule has 0 aliphatic carbocycles. The average Bonchev–Trinajstić information content (AvgIpc) is 3.19. The van der Waals surface area contributed by atoms with Crippen molar-refractivity contribution >= 4 is 5.97 Å². The lowest BCUT2D eigenvalue weighted by molar-refractivity contribution is 0.0697. The van der Waals surface area contributed by atoms with E-state index in [9.17, 15) is 4.79 Å². The summed E-state index contributed by atoms with van der Waals surface area (Å²) in [6.45, 7) is 2.32. The zero-order valence-electron chi connectivity index (χ0n) is 12.2. The van der Waals surface area contributed by atoms with E-state index in [2.05, 4.69) is 5.32 Å². The molecule has 0 amide bonds. The van der Waals surface area contributed by atoms with Crippen LogP contribution in [0.5, 0.6) is 0 Å². The number of ether oxygens (including phenoxy) is 1. The summed E-state index contributed by atoms with van der Waals surface area (Å²) in [5.74, 6) is 0.567. The van der Waals surface area contributed by atoms with Gasteiger partial charge in [0.2, 0.25) is 0 Å². The van der Waals surface area contributed by atoms with Gasteiger partial charge in [-0.1, -0.05) is 12.1 Å². The van der Waals surface area contributed by atoms with Crippen LogP contribution < -0.4 is 5.32 Å². The number of carboxylic acids is 1. The lowest BCUT2D eigenvalue weighted by atomic mass is 10.1. The highest BCUT2D eigenvalue weighted by Gasteiger charge is 2.15. The molecule has 1 atom stereocenters. The molecule has 2 heterocycles. The standard InChI is InChI=1S/C17H19NO4/c19-17(20)13-4-1-3-12(9-13)16-7-6-15(22-16)11-18-10-14-5-2-8-21-14/h1,3-4,6-7,9,14,18H,2,5,8,10-11H2,(H,19,20)/t14-/m1/s1. The number of hydrogen-bond acceptors (Lipinski definition) is 4. The largest absolute Gasteiger partial charge is 0.478 e. The number of carbonyl (C=O) groups is 1. The second-order valence-corrected chi connectivity index (χ2v) is 5.42. The SMILES string of the molecule is O=C(O)c1cccc(-c2ccc(CNC[C@H]3CCCO3)o2)c1. The highest BCUT2D eigenvalue weighted by atomic mass is 16.5. The minimum Gasteiger partial charge on any atom is -0.478 e. The minimum atomic E-state index is -0.938. The summed E-state index contributed by atoms with van der Waals surface area (Å²) >= 11 is 0. The van der Waals surface area contributed by atoms with Crippen LogP contribution in [0, 0.1) is 0 Å². The number of hydrogen-bond donors (Lipinski definition) is 2. The first kappa shape index (κ1) is 14.8. The van der Waals surface area contributed by atoms with Crippen LogP contribution in [0.3, 0.4) is 0 Å². The van der Waals surface area contributed by atoms with Crippen molar-refractivity contribution in [1.82, 2.24) is 5.32 Å². The van der Waals surface area contributed by atoms with Crippen LogP contribution in [-0.2, 0) is 11.3 Å². The molecule has 0 radical (unpaired) electrons. The third kappa shape index (κ3) is 3.55. The van der Waals surface area contributed by atoms with Crippen molar-refractivity contribution in [3.8, 4) is 11.3 Å². The molecule has 0 unspecified atom stereocenters. The van der Waals surface area contributed by atoms with E-state index >= 15 is 0 Å². The predicted molar refractivity (Wildman–Crippen MR) is 81.8 cm³/mol.